The van der Waals surface area contributed by atoms with Crippen LogP contribution in [0.2, 0.25) is 0 Å². The van der Waals surface area contributed by atoms with Gasteiger partial charge in [-0.25, -0.2) is 0 Å². The number of aryl methyl sites for hydroxylation is 1. The van der Waals surface area contributed by atoms with Crippen molar-refractivity contribution in [2.45, 2.75) is 41.5 Å². The first kappa shape index (κ1) is 21.7. The Hall–Kier alpha value is -1.60. The van der Waals surface area contributed by atoms with Gasteiger partial charge in [0.1, 0.15) is 0 Å². The Kier molecular flexibility index (Phi) is 7.68. The van der Waals surface area contributed by atoms with Gasteiger partial charge in [0.2, 0.25) is 0 Å². The van der Waals surface area contributed by atoms with Crippen molar-refractivity contribution in [2.75, 3.05) is 0 Å². The van der Waals surface area contributed by atoms with Gasteiger partial charge in [0.05, 0.1) is 0 Å². The zero-order valence-corrected chi connectivity index (χ0v) is 19.3. The van der Waals surface area contributed by atoms with Crippen LogP contribution in [0.15, 0.2) is 48.5 Å². The van der Waals surface area contributed by atoms with Crippen LogP contribution in [0, 0.1) is 41.5 Å². The summed E-state index contributed by atoms with van der Waals surface area (Å²) >= 11 is -2.77. The number of rotatable bonds is 0. The molecule has 4 aromatic carbocycles. The third kappa shape index (κ3) is 4.82. The average molecular weight is 444 g/mol. The summed E-state index contributed by atoms with van der Waals surface area (Å²) in [4.78, 5) is 0. The van der Waals surface area contributed by atoms with E-state index in [-0.39, 0.29) is 0 Å². The van der Waals surface area contributed by atoms with Crippen molar-refractivity contribution in [3.8, 4) is 0 Å². The van der Waals surface area contributed by atoms with E-state index < -0.39 is 24.5 Å². The Morgan fingerprint density at radius 3 is 1.85 bits per heavy atom. The molecule has 0 aliphatic rings. The standard InChI is InChI=1S/C14H11.C10H15.2FH.Zr/c1-10-8-12-7-6-11-4-2-3-5-13(11)14(12)9-10;1-6-7(2)9(4)10(5)8(6)3;;;/h2-9H,1H3;1-5H3;2*1H;/q2*-1;;;+4/p-2. The molecular weight excluding hydrogens is 417 g/mol. The molecule has 0 aliphatic heterocycles. The fourth-order valence-electron chi connectivity index (χ4n) is 3.52. The summed E-state index contributed by atoms with van der Waals surface area (Å²) < 4.78 is 19.6. The molecule has 0 unspecified atom stereocenters. The zero-order chi connectivity index (χ0) is 20.1. The van der Waals surface area contributed by atoms with Crippen LogP contribution in [0.5, 0.6) is 0 Å². The molecule has 0 heterocycles. The van der Waals surface area contributed by atoms with Crippen molar-refractivity contribution in [1.82, 2.24) is 0 Å². The van der Waals surface area contributed by atoms with Gasteiger partial charge in [-0.05, 0) is 0 Å². The van der Waals surface area contributed by atoms with E-state index in [1.54, 1.807) is 0 Å². The van der Waals surface area contributed by atoms with Crippen molar-refractivity contribution in [3.05, 3.63) is 81.9 Å². The second-order valence-corrected chi connectivity index (χ2v) is 7.37. The summed E-state index contributed by atoms with van der Waals surface area (Å²) in [6, 6.07) is 17.4. The summed E-state index contributed by atoms with van der Waals surface area (Å²) in [5.41, 5.74) is 8.68. The molecule has 27 heavy (non-hydrogen) atoms. The van der Waals surface area contributed by atoms with Gasteiger partial charge in [-0.3, -0.25) is 0 Å². The molecule has 0 radical (unpaired) electrons. The fraction of sp³-hybridized carbons (Fsp3) is 0.250. The molecule has 0 aliphatic carbocycles. The number of hydrogen-bond donors (Lipinski definition) is 0. The summed E-state index contributed by atoms with van der Waals surface area (Å²) in [5, 5.41) is 5.41. The Morgan fingerprint density at radius 1 is 0.815 bits per heavy atom. The van der Waals surface area contributed by atoms with Crippen LogP contribution in [0.1, 0.15) is 33.4 Å². The molecule has 0 spiro atoms. The van der Waals surface area contributed by atoms with Crippen LogP contribution in [0.3, 0.4) is 0 Å². The molecule has 0 atom stereocenters. The van der Waals surface area contributed by atoms with Crippen LogP contribution in [-0.4, -0.2) is 0 Å². The van der Waals surface area contributed by atoms with Crippen LogP contribution in [-0.2, 0) is 24.5 Å². The van der Waals surface area contributed by atoms with E-state index in [4.69, 9.17) is 0 Å². The van der Waals surface area contributed by atoms with E-state index in [0.29, 0.717) is 0 Å². The molecule has 140 valence electrons. The molecule has 0 bridgehead atoms. The van der Waals surface area contributed by atoms with Crippen molar-refractivity contribution in [2.24, 2.45) is 0 Å². The van der Waals surface area contributed by atoms with Crippen LogP contribution < -0.4 is 0 Å². The molecule has 0 N–H and O–H groups in total. The third-order valence-electron chi connectivity index (χ3n) is 5.57. The van der Waals surface area contributed by atoms with Crippen LogP contribution >= 0.6 is 0 Å². The molecule has 0 amide bonds. The minimum absolute atomic E-state index is 1.32. The Balaban J connectivity index is 0.000000178. The van der Waals surface area contributed by atoms with E-state index in [1.807, 2.05) is 0 Å². The zero-order valence-electron chi connectivity index (χ0n) is 16.9. The molecule has 0 saturated carbocycles. The van der Waals surface area contributed by atoms with E-state index in [9.17, 15) is 5.25 Å². The SMILES string of the molecule is Cc1c(C)c(C)[c-](C)c1C.Cc1cc2ccc3ccccc3c2[cH-]1.[F][Zr+2][F]. The molecular formula is C24H26F2Zr. The third-order valence-corrected chi connectivity index (χ3v) is 5.57. The normalized spacial score (nSPS) is 10.1. The van der Waals surface area contributed by atoms with Gasteiger partial charge >= 0.3 is 29.7 Å². The van der Waals surface area contributed by atoms with E-state index in [2.05, 4.69) is 90.1 Å². The molecule has 0 nitrogen and oxygen atoms in total. The average Bonchev–Trinajstić information content (AvgIpc) is 3.13. The summed E-state index contributed by atoms with van der Waals surface area (Å²) in [6.45, 7) is 13.1. The molecule has 4 rings (SSSR count). The van der Waals surface area contributed by atoms with Gasteiger partial charge < -0.3 is 0 Å². The molecule has 0 saturated heterocycles. The number of benzene rings is 2. The Bertz CT molecular complexity index is 957. The first-order valence-corrected chi connectivity index (χ1v) is 10.9. The van der Waals surface area contributed by atoms with Crippen molar-refractivity contribution < 1.29 is 29.7 Å². The number of halogens is 2. The second kappa shape index (κ2) is 9.55. The quantitative estimate of drug-likeness (QED) is 0.243. The van der Waals surface area contributed by atoms with Gasteiger partial charge in [-0.2, -0.15) is 33.9 Å². The predicted octanol–water partition coefficient (Wildman–Crippen LogP) is 7.81. The van der Waals surface area contributed by atoms with E-state index >= 15 is 0 Å². The minimum atomic E-state index is -2.77. The van der Waals surface area contributed by atoms with Gasteiger partial charge in [-0.15, -0.1) is 28.5 Å². The van der Waals surface area contributed by atoms with Gasteiger partial charge in [-0.1, -0.05) is 82.6 Å². The Morgan fingerprint density at radius 2 is 1.33 bits per heavy atom. The van der Waals surface area contributed by atoms with E-state index in [1.165, 1.54) is 54.9 Å². The first-order chi connectivity index (χ1) is 12.8. The number of hydrogen-bond acceptors (Lipinski definition) is 0. The van der Waals surface area contributed by atoms with Crippen LogP contribution in [0.25, 0.3) is 21.5 Å². The summed E-state index contributed by atoms with van der Waals surface area (Å²) in [5.74, 6) is 0. The number of fused-ring (bicyclic) bond motifs is 3. The fourth-order valence-corrected chi connectivity index (χ4v) is 3.52. The van der Waals surface area contributed by atoms with Gasteiger partial charge in [0.15, 0.2) is 0 Å². The van der Waals surface area contributed by atoms with Crippen molar-refractivity contribution >= 4 is 21.5 Å². The van der Waals surface area contributed by atoms with E-state index in [0.717, 1.165) is 0 Å². The van der Waals surface area contributed by atoms with Gasteiger partial charge in [0, 0.05) is 0 Å². The topological polar surface area (TPSA) is 0 Å². The second-order valence-electron chi connectivity index (χ2n) is 7.02. The van der Waals surface area contributed by atoms with Gasteiger partial charge in [0.25, 0.3) is 0 Å². The molecule has 4 aromatic rings. The molecule has 0 aromatic heterocycles. The first-order valence-electron chi connectivity index (χ1n) is 9.02. The van der Waals surface area contributed by atoms with Crippen LogP contribution in [0.4, 0.5) is 5.25 Å². The maximum atomic E-state index is 9.80. The monoisotopic (exact) mass is 442 g/mol. The van der Waals surface area contributed by atoms with Crippen molar-refractivity contribution in [3.63, 3.8) is 0 Å². The summed E-state index contributed by atoms with van der Waals surface area (Å²) in [7, 11) is 0. The Labute approximate surface area is 174 Å². The summed E-state index contributed by atoms with van der Waals surface area (Å²) in [6.07, 6.45) is 0. The molecule has 3 heteroatoms. The molecule has 0 fully saturated rings. The maximum absolute atomic E-state index is 9.80. The predicted molar refractivity (Wildman–Crippen MR) is 110 cm³/mol. The van der Waals surface area contributed by atoms with Crippen molar-refractivity contribution in [1.29, 1.82) is 0 Å².